The Morgan fingerprint density at radius 1 is 0.864 bits per heavy atom. The van der Waals surface area contributed by atoms with Crippen molar-refractivity contribution in [2.24, 2.45) is 5.73 Å². The summed E-state index contributed by atoms with van der Waals surface area (Å²) in [7, 11) is -2.43. The summed E-state index contributed by atoms with van der Waals surface area (Å²) in [5, 5.41) is 24.1. The number of aromatic carboxylic acids is 1. The fourth-order valence-electron chi connectivity index (χ4n) is 3.53. The number of alkyl halides is 3. The highest BCUT2D eigenvalue weighted by molar-refractivity contribution is 7.92. The molecule has 4 aromatic rings. The lowest BCUT2D eigenvalue weighted by Crippen LogP contribution is -2.21. The van der Waals surface area contributed by atoms with Gasteiger partial charge in [-0.3, -0.25) is 10.1 Å². The molecule has 0 aromatic heterocycles. The van der Waals surface area contributed by atoms with Crippen LogP contribution in [0.5, 0.6) is 17.2 Å². The first-order valence-electron chi connectivity index (χ1n) is 12.2. The molecule has 0 saturated carbocycles. The molecule has 0 saturated heterocycles. The van der Waals surface area contributed by atoms with E-state index in [4.69, 9.17) is 30.5 Å². The van der Waals surface area contributed by atoms with Crippen LogP contribution in [0.2, 0.25) is 0 Å². The number of rotatable bonds is 9. The maximum absolute atomic E-state index is 13.0. The average Bonchev–Trinajstić information content (AvgIpc) is 2.98. The SMILES string of the molecule is COc1ccc(S(=O)(=O)Nc2ccc(Oc3ccc(C(=N)N)cc3)c(-c3cccc(C(=O)O)c3)c2)cc1.O=C(O)C(F)(F)F. The van der Waals surface area contributed by atoms with Crippen LogP contribution >= 0.6 is 0 Å². The number of methoxy groups -OCH3 is 1. The molecule has 4 aromatic carbocycles. The number of hydrogen-bond donors (Lipinski definition) is 5. The van der Waals surface area contributed by atoms with Crippen LogP contribution in [0.25, 0.3) is 11.1 Å². The lowest BCUT2D eigenvalue weighted by Gasteiger charge is -2.15. The number of nitrogens with two attached hydrogens (primary N) is 1. The van der Waals surface area contributed by atoms with E-state index in [1.165, 1.54) is 31.4 Å². The van der Waals surface area contributed by atoms with E-state index in [9.17, 15) is 31.5 Å². The third-order valence-electron chi connectivity index (χ3n) is 5.66. The molecule has 0 fully saturated rings. The minimum absolute atomic E-state index is 0.0496. The quantitative estimate of drug-likeness (QED) is 0.116. The summed E-state index contributed by atoms with van der Waals surface area (Å²) >= 11 is 0. The van der Waals surface area contributed by atoms with Crippen LogP contribution in [-0.2, 0) is 14.8 Å². The highest BCUT2D eigenvalue weighted by Crippen LogP contribution is 2.37. The number of sulfonamides is 1. The first-order valence-corrected chi connectivity index (χ1v) is 13.7. The summed E-state index contributed by atoms with van der Waals surface area (Å²) < 4.78 is 71.4. The summed E-state index contributed by atoms with van der Waals surface area (Å²) in [6, 6.07) is 23.5. The van der Waals surface area contributed by atoms with Crippen molar-refractivity contribution in [3.8, 4) is 28.4 Å². The molecule has 0 spiro atoms. The molecule has 0 unspecified atom stereocenters. The molecule has 230 valence electrons. The zero-order chi connectivity index (χ0) is 32.7. The molecular weight excluding hydrogens is 607 g/mol. The Kier molecular flexibility index (Phi) is 10.2. The van der Waals surface area contributed by atoms with Crippen molar-refractivity contribution >= 4 is 33.5 Å². The average molecular weight is 632 g/mol. The zero-order valence-corrected chi connectivity index (χ0v) is 23.4. The number of carboxylic acids is 2. The number of nitrogens with one attached hydrogen (secondary N) is 2. The molecule has 0 radical (unpaired) electrons. The summed E-state index contributed by atoms with van der Waals surface area (Å²) in [5.41, 5.74) is 7.35. The Bertz CT molecular complexity index is 1780. The number of benzene rings is 4. The van der Waals surface area contributed by atoms with E-state index >= 15 is 0 Å². The molecule has 4 rings (SSSR count). The number of nitrogen functional groups attached to an aromatic ring is 1. The smallest absolute Gasteiger partial charge is 0.490 e. The number of amidine groups is 1. The van der Waals surface area contributed by atoms with E-state index in [2.05, 4.69) is 4.72 Å². The summed E-state index contributed by atoms with van der Waals surface area (Å²) in [4.78, 5) is 20.5. The van der Waals surface area contributed by atoms with Gasteiger partial charge >= 0.3 is 18.1 Å². The lowest BCUT2D eigenvalue weighted by molar-refractivity contribution is -0.192. The van der Waals surface area contributed by atoms with Gasteiger partial charge in [-0.15, -0.1) is 0 Å². The molecule has 0 aliphatic heterocycles. The van der Waals surface area contributed by atoms with Crippen molar-refractivity contribution in [2.75, 3.05) is 11.8 Å². The summed E-state index contributed by atoms with van der Waals surface area (Å²) in [5.74, 6) is -2.59. The van der Waals surface area contributed by atoms with Gasteiger partial charge in [0.15, 0.2) is 0 Å². The number of carbonyl (C=O) groups is 2. The second-order valence-electron chi connectivity index (χ2n) is 8.72. The van der Waals surface area contributed by atoms with Crippen molar-refractivity contribution in [3.05, 3.63) is 102 Å². The minimum atomic E-state index is -5.08. The van der Waals surface area contributed by atoms with Gasteiger partial charge in [-0.1, -0.05) is 12.1 Å². The number of halogens is 3. The van der Waals surface area contributed by atoms with Crippen LogP contribution in [0.3, 0.4) is 0 Å². The van der Waals surface area contributed by atoms with Crippen LogP contribution in [0.15, 0.2) is 95.9 Å². The predicted octanol–water partition coefficient (Wildman–Crippen LogP) is 5.57. The molecule has 15 heteroatoms. The zero-order valence-electron chi connectivity index (χ0n) is 22.6. The Morgan fingerprint density at radius 3 is 1.98 bits per heavy atom. The number of anilines is 1. The fourth-order valence-corrected chi connectivity index (χ4v) is 4.58. The van der Waals surface area contributed by atoms with Crippen molar-refractivity contribution < 1.29 is 50.9 Å². The molecule has 44 heavy (non-hydrogen) atoms. The van der Waals surface area contributed by atoms with Crippen molar-refractivity contribution in [1.82, 2.24) is 0 Å². The normalized spacial score (nSPS) is 11.0. The van der Waals surface area contributed by atoms with E-state index in [1.807, 2.05) is 0 Å². The van der Waals surface area contributed by atoms with Crippen LogP contribution in [-0.4, -0.2) is 49.7 Å². The van der Waals surface area contributed by atoms with Gasteiger partial charge in [0, 0.05) is 16.8 Å². The van der Waals surface area contributed by atoms with Gasteiger partial charge in [0.25, 0.3) is 10.0 Å². The van der Waals surface area contributed by atoms with Gasteiger partial charge in [-0.05, 0) is 84.4 Å². The third-order valence-corrected chi connectivity index (χ3v) is 7.05. The van der Waals surface area contributed by atoms with Gasteiger partial charge in [0.1, 0.15) is 23.1 Å². The molecule has 0 atom stereocenters. The van der Waals surface area contributed by atoms with Crippen molar-refractivity contribution in [1.29, 1.82) is 5.41 Å². The maximum Gasteiger partial charge on any atom is 0.490 e. The Hall–Kier alpha value is -5.57. The van der Waals surface area contributed by atoms with E-state index in [0.29, 0.717) is 33.9 Å². The predicted molar refractivity (Wildman–Crippen MR) is 154 cm³/mol. The highest BCUT2D eigenvalue weighted by Gasteiger charge is 2.38. The van der Waals surface area contributed by atoms with Crippen LogP contribution in [0, 0.1) is 5.41 Å². The molecule has 0 aliphatic rings. The number of aliphatic carboxylic acids is 1. The molecule has 0 heterocycles. The topological polar surface area (TPSA) is 189 Å². The summed E-state index contributed by atoms with van der Waals surface area (Å²) in [6.45, 7) is 0. The molecule has 0 aliphatic carbocycles. The second kappa shape index (κ2) is 13.6. The van der Waals surface area contributed by atoms with Gasteiger partial charge in [0.2, 0.25) is 0 Å². The standard InChI is InChI=1S/C27H23N3O6S.C2HF3O2/c1-35-21-10-12-23(13-11-21)37(33,34)30-20-7-14-25(36-22-8-5-17(6-9-22)26(28)29)24(16-20)18-3-2-4-19(15-18)27(31)32;3-2(4,5)1(6)7/h2-16,30H,1H3,(H3,28,29)(H,31,32);(H,6,7). The van der Waals surface area contributed by atoms with Gasteiger partial charge in [-0.2, -0.15) is 13.2 Å². The third kappa shape index (κ3) is 8.72. The monoisotopic (exact) mass is 631 g/mol. The minimum Gasteiger partial charge on any atom is -0.497 e. The summed E-state index contributed by atoms with van der Waals surface area (Å²) in [6.07, 6.45) is -5.08. The van der Waals surface area contributed by atoms with Crippen LogP contribution < -0.4 is 19.9 Å². The Balaban J connectivity index is 0.000000676. The van der Waals surface area contributed by atoms with E-state index in [-0.39, 0.29) is 22.0 Å². The molecule has 0 bridgehead atoms. The highest BCUT2D eigenvalue weighted by atomic mass is 32.2. The first kappa shape index (κ1) is 32.9. The maximum atomic E-state index is 13.0. The number of carboxylic acid groups (broad SMARTS) is 2. The molecule has 0 amide bonds. The van der Waals surface area contributed by atoms with Crippen LogP contribution in [0.4, 0.5) is 18.9 Å². The molecule has 6 N–H and O–H groups in total. The fraction of sp³-hybridized carbons (Fsp3) is 0.0690. The van der Waals surface area contributed by atoms with Crippen LogP contribution in [0.1, 0.15) is 15.9 Å². The second-order valence-corrected chi connectivity index (χ2v) is 10.4. The van der Waals surface area contributed by atoms with E-state index < -0.39 is 28.1 Å². The first-order chi connectivity index (χ1) is 20.6. The Labute approximate surface area is 248 Å². The van der Waals surface area contributed by atoms with E-state index in [0.717, 1.165) is 0 Å². The number of ether oxygens (including phenoxy) is 2. The van der Waals surface area contributed by atoms with Gasteiger partial charge < -0.3 is 25.4 Å². The van der Waals surface area contributed by atoms with Gasteiger partial charge in [0.05, 0.1) is 17.6 Å². The Morgan fingerprint density at radius 2 is 1.45 bits per heavy atom. The molecular formula is C29H24F3N3O8S. The molecule has 11 nitrogen and oxygen atoms in total. The lowest BCUT2D eigenvalue weighted by atomic mass is 10.0. The van der Waals surface area contributed by atoms with Crippen molar-refractivity contribution in [2.45, 2.75) is 11.1 Å². The van der Waals surface area contributed by atoms with E-state index in [1.54, 1.807) is 66.7 Å². The number of hydrogen-bond acceptors (Lipinski definition) is 7. The van der Waals surface area contributed by atoms with Gasteiger partial charge in [-0.25, -0.2) is 18.0 Å². The largest absolute Gasteiger partial charge is 0.497 e. The van der Waals surface area contributed by atoms with Crippen molar-refractivity contribution in [3.63, 3.8) is 0 Å².